The normalized spacial score (nSPS) is 28.2. The maximum Gasteiger partial charge on any atom is 0.289 e. The molecule has 0 bridgehead atoms. The number of ketones is 1. The molecule has 4 saturated carbocycles. The minimum Gasteiger partial charge on any atom is -0.385 e. The average Bonchev–Trinajstić information content (AvgIpc) is 4.00. The molecule has 2 saturated heterocycles. The van der Waals surface area contributed by atoms with Crippen molar-refractivity contribution in [1.29, 1.82) is 0 Å². The average molecular weight is 811 g/mol. The van der Waals surface area contributed by atoms with Gasteiger partial charge in [0.15, 0.2) is 0 Å². The molecular formula is C45H74N6O7. The number of nitrogens with zero attached hydrogens (tertiary/aromatic N) is 2. The summed E-state index contributed by atoms with van der Waals surface area (Å²) in [5.74, 6) is -2.81. The second-order valence-corrected chi connectivity index (χ2v) is 20.5. The quantitative estimate of drug-likeness (QED) is 0.125. The molecule has 6 fully saturated rings. The van der Waals surface area contributed by atoms with Gasteiger partial charge in [-0.3, -0.25) is 28.8 Å². The fourth-order valence-electron chi connectivity index (χ4n) is 11.6. The van der Waals surface area contributed by atoms with Gasteiger partial charge < -0.3 is 35.8 Å². The smallest absolute Gasteiger partial charge is 0.289 e. The first kappa shape index (κ1) is 44.5. The second kappa shape index (κ2) is 17.9. The molecule has 0 aromatic heterocycles. The Hall–Kier alpha value is -3.06. The van der Waals surface area contributed by atoms with Gasteiger partial charge in [-0.25, -0.2) is 0 Å². The molecular weight excluding hydrogens is 737 g/mol. The third-order valence-electron chi connectivity index (χ3n) is 15.5. The van der Waals surface area contributed by atoms with Crippen molar-refractivity contribution in [3.05, 3.63) is 0 Å². The van der Waals surface area contributed by atoms with Crippen molar-refractivity contribution in [3.63, 3.8) is 0 Å². The highest BCUT2D eigenvalue weighted by molar-refractivity contribution is 6.38. The highest BCUT2D eigenvalue weighted by atomic mass is 16.5. The minimum atomic E-state index is -0.991. The predicted molar refractivity (Wildman–Crippen MR) is 221 cm³/mol. The van der Waals surface area contributed by atoms with Crippen LogP contribution in [0.3, 0.4) is 0 Å². The molecule has 2 spiro atoms. The number of Topliss-reactive ketones (excluding diaryl/α,β-unsaturated/α-hetero) is 1. The van der Waals surface area contributed by atoms with Gasteiger partial charge >= 0.3 is 0 Å². The zero-order valence-corrected chi connectivity index (χ0v) is 36.6. The van der Waals surface area contributed by atoms with Crippen LogP contribution in [0.5, 0.6) is 0 Å². The molecule has 6 aliphatic rings. The maximum atomic E-state index is 15.2. The van der Waals surface area contributed by atoms with Gasteiger partial charge in [0, 0.05) is 44.8 Å². The van der Waals surface area contributed by atoms with Crippen LogP contribution in [0.4, 0.5) is 0 Å². The summed E-state index contributed by atoms with van der Waals surface area (Å²) in [4.78, 5) is 88.5. The summed E-state index contributed by atoms with van der Waals surface area (Å²) in [7, 11) is 1.70. The maximum absolute atomic E-state index is 15.2. The number of hydrogen-bond acceptors (Lipinski definition) is 8. The number of carbonyl (C=O) groups excluding carboxylic acids is 6. The molecule has 58 heavy (non-hydrogen) atoms. The van der Waals surface area contributed by atoms with Gasteiger partial charge in [-0.05, 0) is 99.3 Å². The van der Waals surface area contributed by atoms with Gasteiger partial charge in [0.1, 0.15) is 18.1 Å². The van der Waals surface area contributed by atoms with Crippen molar-refractivity contribution in [3.8, 4) is 0 Å². The standard InChI is InChI=1S/C45H74N6O7/c1-8-15-32(35(52)40(56)46-31-19-20-31)47-38(54)33-26-45(43(5,6)44(45)21-13-22-44)28-51(33)41(57)36(42(2,3)4)49-39(55)34(29-16-10-9-11-17-29)48-37(53)30-18-12-23-50(27-30)24-14-25-58-7/h29-34,36H,8-28H2,1-7H3,(H,46,56)(H,47,54)(H,48,53)(H,49,55)/t30-,32-,33-,34-,36+,45+/m0/s1. The number of methoxy groups -OCH3 is 1. The lowest BCUT2D eigenvalue weighted by Gasteiger charge is -2.38. The SMILES string of the molecule is CCC[C@H](NC(=O)[C@@H]1C[C@@]2(CN1C(=O)[C@@H](NC(=O)[C@@H](NC(=O)[C@H]1CCCN(CCCOC)C1)C1CCCCC1)C(C)(C)C)C(C)(C)C21CCC1)C(=O)C(=O)NC1CC1. The first-order valence-corrected chi connectivity index (χ1v) is 22.8. The lowest BCUT2D eigenvalue weighted by molar-refractivity contribution is -0.145. The highest BCUT2D eigenvalue weighted by Gasteiger charge is 2.85. The third-order valence-corrected chi connectivity index (χ3v) is 15.5. The number of carbonyl (C=O) groups is 6. The van der Waals surface area contributed by atoms with Gasteiger partial charge in [0.05, 0.1) is 12.0 Å². The molecule has 5 amide bonds. The Morgan fingerprint density at radius 1 is 0.845 bits per heavy atom. The summed E-state index contributed by atoms with van der Waals surface area (Å²) in [5.41, 5.74) is -1.06. The van der Waals surface area contributed by atoms with Gasteiger partial charge in [-0.1, -0.05) is 73.6 Å². The number of nitrogens with one attached hydrogen (secondary N) is 4. The molecule has 4 aliphatic carbocycles. The van der Waals surface area contributed by atoms with E-state index in [-0.39, 0.29) is 51.8 Å². The van der Waals surface area contributed by atoms with E-state index in [1.807, 2.05) is 27.7 Å². The number of likely N-dealkylation sites (tertiary alicyclic amines) is 2. The van der Waals surface area contributed by atoms with Crippen molar-refractivity contribution >= 4 is 35.3 Å². The lowest BCUT2D eigenvalue weighted by Crippen LogP contribution is -2.62. The number of rotatable bonds is 17. The van der Waals surface area contributed by atoms with Crippen LogP contribution >= 0.6 is 0 Å². The Morgan fingerprint density at radius 3 is 2.14 bits per heavy atom. The Kier molecular flexibility index (Phi) is 13.7. The van der Waals surface area contributed by atoms with Crippen LogP contribution in [-0.2, 0) is 33.5 Å². The van der Waals surface area contributed by atoms with Crippen LogP contribution < -0.4 is 21.3 Å². The summed E-state index contributed by atoms with van der Waals surface area (Å²) in [6.07, 6.45) is 13.5. The van der Waals surface area contributed by atoms with E-state index >= 15 is 4.79 Å². The van der Waals surface area contributed by atoms with Crippen LogP contribution in [0.15, 0.2) is 0 Å². The molecule has 4 N–H and O–H groups in total. The van der Waals surface area contributed by atoms with Crippen molar-refractivity contribution in [1.82, 2.24) is 31.1 Å². The second-order valence-electron chi connectivity index (χ2n) is 20.5. The van der Waals surface area contributed by atoms with Crippen molar-refractivity contribution < 1.29 is 33.5 Å². The number of hydrogen-bond donors (Lipinski definition) is 4. The van der Waals surface area contributed by atoms with Crippen LogP contribution in [0, 0.1) is 33.5 Å². The van der Waals surface area contributed by atoms with Crippen LogP contribution in [-0.4, -0.2) is 115 Å². The fourth-order valence-corrected chi connectivity index (χ4v) is 11.6. The van der Waals surface area contributed by atoms with Gasteiger partial charge in [0.25, 0.3) is 5.91 Å². The Bertz CT molecular complexity index is 1550. The van der Waals surface area contributed by atoms with E-state index in [1.165, 1.54) is 0 Å². The largest absolute Gasteiger partial charge is 0.385 e. The minimum absolute atomic E-state index is 0.0115. The van der Waals surface area contributed by atoms with E-state index in [0.29, 0.717) is 39.0 Å². The van der Waals surface area contributed by atoms with E-state index in [4.69, 9.17) is 4.74 Å². The van der Waals surface area contributed by atoms with E-state index in [9.17, 15) is 24.0 Å². The summed E-state index contributed by atoms with van der Waals surface area (Å²) >= 11 is 0. The molecule has 6 atom stereocenters. The first-order valence-electron chi connectivity index (χ1n) is 22.8. The number of ether oxygens (including phenoxy) is 1. The van der Waals surface area contributed by atoms with Crippen LogP contribution in [0.1, 0.15) is 144 Å². The van der Waals surface area contributed by atoms with E-state index < -0.39 is 47.2 Å². The van der Waals surface area contributed by atoms with E-state index in [1.54, 1.807) is 12.0 Å². The van der Waals surface area contributed by atoms with Gasteiger partial charge in [0.2, 0.25) is 29.4 Å². The molecule has 0 radical (unpaired) electrons. The van der Waals surface area contributed by atoms with Gasteiger partial charge in [-0.15, -0.1) is 0 Å². The Morgan fingerprint density at radius 2 is 1.55 bits per heavy atom. The Labute approximate surface area is 347 Å². The summed E-state index contributed by atoms with van der Waals surface area (Å²) in [5, 5.41) is 12.1. The topological polar surface area (TPSA) is 166 Å². The van der Waals surface area contributed by atoms with Crippen LogP contribution in [0.25, 0.3) is 0 Å². The molecule has 6 rings (SSSR count). The number of amides is 5. The molecule has 13 nitrogen and oxygen atoms in total. The van der Waals surface area contributed by atoms with E-state index in [2.05, 4.69) is 40.0 Å². The molecule has 0 unspecified atom stereocenters. The summed E-state index contributed by atoms with van der Waals surface area (Å²) in [6.45, 7) is 15.7. The predicted octanol–water partition coefficient (Wildman–Crippen LogP) is 4.26. The molecule has 13 heteroatoms. The summed E-state index contributed by atoms with van der Waals surface area (Å²) in [6, 6.07) is -3.59. The Balaban J connectivity index is 1.22. The fraction of sp³-hybridized carbons (Fsp3) is 0.867. The number of fused-ring (bicyclic) bond motifs is 1. The van der Waals surface area contributed by atoms with Crippen molar-refractivity contribution in [2.75, 3.05) is 39.9 Å². The molecule has 0 aromatic rings. The molecule has 0 aromatic carbocycles. The van der Waals surface area contributed by atoms with E-state index in [0.717, 1.165) is 96.6 Å². The highest BCUT2D eigenvalue weighted by Crippen LogP contribution is 2.88. The van der Waals surface area contributed by atoms with Crippen molar-refractivity contribution in [2.45, 2.75) is 174 Å². The third kappa shape index (κ3) is 8.86. The summed E-state index contributed by atoms with van der Waals surface area (Å²) < 4.78 is 5.24. The number of piperidine rings is 1. The van der Waals surface area contributed by atoms with Crippen LogP contribution in [0.2, 0.25) is 0 Å². The molecule has 2 heterocycles. The zero-order valence-electron chi connectivity index (χ0n) is 36.6. The monoisotopic (exact) mass is 811 g/mol. The molecule has 326 valence electrons. The van der Waals surface area contributed by atoms with Crippen molar-refractivity contribution in [2.24, 2.45) is 33.5 Å². The first-order chi connectivity index (χ1) is 27.5. The molecule has 2 aliphatic heterocycles. The van der Waals surface area contributed by atoms with Gasteiger partial charge in [-0.2, -0.15) is 0 Å². The zero-order chi connectivity index (χ0) is 42.0. The lowest BCUT2D eigenvalue weighted by atomic mass is 9.73.